The number of methoxy groups -OCH3 is 1. The van der Waals surface area contributed by atoms with Gasteiger partial charge in [-0.1, -0.05) is 17.7 Å². The van der Waals surface area contributed by atoms with Gasteiger partial charge in [0.2, 0.25) is 0 Å². The molecule has 0 aromatic heterocycles. The smallest absolute Gasteiger partial charge is 0.264 e. The van der Waals surface area contributed by atoms with Gasteiger partial charge in [0.15, 0.2) is 0 Å². The van der Waals surface area contributed by atoms with E-state index in [1.165, 1.54) is 10.6 Å². The number of nitrogens with zero attached hydrogens (tertiary/aromatic N) is 1. The number of carbonyl (C=O) groups is 1. The zero-order valence-electron chi connectivity index (χ0n) is 16.0. The van der Waals surface area contributed by atoms with Gasteiger partial charge in [-0.15, -0.1) is 0 Å². The number of hydrogen-bond acceptors (Lipinski definition) is 5. The van der Waals surface area contributed by atoms with Crippen LogP contribution in [-0.2, 0) is 19.8 Å². The van der Waals surface area contributed by atoms with Crippen LogP contribution in [-0.4, -0.2) is 45.4 Å². The van der Waals surface area contributed by atoms with Crippen molar-refractivity contribution in [1.29, 1.82) is 0 Å². The Morgan fingerprint density at radius 2 is 2.22 bits per heavy atom. The standard InChI is InChI=1S/C21H26N2O4/c1-4-12-10-22-17-9-21(19-8-14(12)15(17)11-27-19)16-6-5-13(25-2)7-18(16)23(26-3)20(21)24/h4-7,14-15,17,19,22H,8-11H2,1-3H3/b12-4+/t14-,15+,17-,19-,21-/m0/s1. The summed E-state index contributed by atoms with van der Waals surface area (Å²) >= 11 is 0. The summed E-state index contributed by atoms with van der Waals surface area (Å²) in [7, 11) is 3.18. The average molecular weight is 370 g/mol. The Kier molecular flexibility index (Phi) is 3.86. The number of allylic oxidation sites excluding steroid dienone is 1. The molecule has 144 valence electrons. The van der Waals surface area contributed by atoms with Crippen LogP contribution in [0.25, 0.3) is 0 Å². The fraction of sp³-hybridized carbons (Fsp3) is 0.571. The molecule has 1 spiro atoms. The zero-order chi connectivity index (χ0) is 18.8. The highest BCUT2D eigenvalue weighted by Crippen LogP contribution is 2.56. The van der Waals surface area contributed by atoms with Gasteiger partial charge in [-0.3, -0.25) is 9.63 Å². The monoisotopic (exact) mass is 370 g/mol. The van der Waals surface area contributed by atoms with E-state index in [-0.39, 0.29) is 18.1 Å². The van der Waals surface area contributed by atoms with Crippen molar-refractivity contribution in [1.82, 2.24) is 5.32 Å². The molecule has 4 bridgehead atoms. The summed E-state index contributed by atoms with van der Waals surface area (Å²) in [5.41, 5.74) is 2.52. The Morgan fingerprint density at radius 1 is 1.37 bits per heavy atom. The maximum atomic E-state index is 13.7. The van der Waals surface area contributed by atoms with Crippen LogP contribution < -0.4 is 15.1 Å². The molecule has 6 rings (SSSR count). The van der Waals surface area contributed by atoms with Crippen molar-refractivity contribution in [2.24, 2.45) is 11.8 Å². The molecule has 5 atom stereocenters. The number of hydroxylamine groups is 1. The molecular formula is C21H26N2O4. The zero-order valence-corrected chi connectivity index (χ0v) is 16.0. The molecule has 1 saturated carbocycles. The summed E-state index contributed by atoms with van der Waals surface area (Å²) in [6.45, 7) is 3.72. The van der Waals surface area contributed by atoms with Crippen LogP contribution in [0.15, 0.2) is 29.8 Å². The predicted octanol–water partition coefficient (Wildman–Crippen LogP) is 2.18. The lowest BCUT2D eigenvalue weighted by atomic mass is 9.72. The molecule has 4 heterocycles. The molecule has 1 amide bonds. The SMILES string of the molecule is C/C=C1\CN[C@H]2C[C@@]3(C(=O)N(OC)c4cc(OC)ccc43)[C@@H]3C[C@@H]1[C@H]2CO3. The Balaban J connectivity index is 1.67. The third-order valence-electron chi connectivity index (χ3n) is 7.15. The van der Waals surface area contributed by atoms with Crippen LogP contribution >= 0.6 is 0 Å². The van der Waals surface area contributed by atoms with Gasteiger partial charge in [-0.05, 0) is 37.3 Å². The number of nitrogens with one attached hydrogen (secondary N) is 1. The topological polar surface area (TPSA) is 60.0 Å². The number of rotatable bonds is 2. The molecule has 3 saturated heterocycles. The Morgan fingerprint density at radius 3 is 2.96 bits per heavy atom. The normalized spacial score (nSPS) is 38.4. The first kappa shape index (κ1) is 17.2. The number of fused-ring (bicyclic) bond motifs is 2. The molecular weight excluding hydrogens is 344 g/mol. The summed E-state index contributed by atoms with van der Waals surface area (Å²) < 4.78 is 11.7. The molecule has 1 aromatic rings. The van der Waals surface area contributed by atoms with E-state index in [0.29, 0.717) is 24.2 Å². The second kappa shape index (κ2) is 6.06. The van der Waals surface area contributed by atoms with E-state index >= 15 is 0 Å². The molecule has 1 aromatic carbocycles. The third-order valence-corrected chi connectivity index (χ3v) is 7.15. The van der Waals surface area contributed by atoms with Gasteiger partial charge < -0.3 is 14.8 Å². The number of ether oxygens (including phenoxy) is 2. The van der Waals surface area contributed by atoms with Crippen molar-refractivity contribution in [3.05, 3.63) is 35.4 Å². The molecule has 1 N–H and O–H groups in total. The van der Waals surface area contributed by atoms with E-state index in [4.69, 9.17) is 14.3 Å². The maximum Gasteiger partial charge on any atom is 0.264 e. The number of benzene rings is 1. The molecule has 0 unspecified atom stereocenters. The highest BCUT2D eigenvalue weighted by Gasteiger charge is 2.63. The van der Waals surface area contributed by atoms with E-state index in [2.05, 4.69) is 18.3 Å². The van der Waals surface area contributed by atoms with Gasteiger partial charge in [0.05, 0.1) is 32.6 Å². The van der Waals surface area contributed by atoms with Crippen LogP contribution in [0, 0.1) is 11.8 Å². The van der Waals surface area contributed by atoms with Crippen LogP contribution in [0.5, 0.6) is 5.75 Å². The van der Waals surface area contributed by atoms with E-state index in [9.17, 15) is 4.79 Å². The molecule has 4 aliphatic heterocycles. The van der Waals surface area contributed by atoms with Crippen molar-refractivity contribution in [3.8, 4) is 5.75 Å². The number of hydrogen-bond donors (Lipinski definition) is 1. The number of piperidine rings is 1. The summed E-state index contributed by atoms with van der Waals surface area (Å²) in [6.07, 6.45) is 3.72. The minimum Gasteiger partial charge on any atom is -0.497 e. The van der Waals surface area contributed by atoms with E-state index in [1.54, 1.807) is 14.2 Å². The average Bonchev–Trinajstić information content (AvgIpc) is 2.80. The molecule has 6 nitrogen and oxygen atoms in total. The van der Waals surface area contributed by atoms with Gasteiger partial charge >= 0.3 is 0 Å². The fourth-order valence-electron chi connectivity index (χ4n) is 5.81. The maximum absolute atomic E-state index is 13.7. The van der Waals surface area contributed by atoms with Crippen molar-refractivity contribution < 1.29 is 19.1 Å². The summed E-state index contributed by atoms with van der Waals surface area (Å²) in [5, 5.41) is 5.12. The number of anilines is 1. The minimum atomic E-state index is -0.706. The van der Waals surface area contributed by atoms with Crippen molar-refractivity contribution in [3.63, 3.8) is 0 Å². The summed E-state index contributed by atoms with van der Waals surface area (Å²) in [6, 6.07) is 6.11. The summed E-state index contributed by atoms with van der Waals surface area (Å²) in [4.78, 5) is 19.2. The second-order valence-corrected chi connectivity index (χ2v) is 8.02. The highest BCUT2D eigenvalue weighted by molar-refractivity contribution is 6.07. The first-order valence-electron chi connectivity index (χ1n) is 9.71. The van der Waals surface area contributed by atoms with E-state index < -0.39 is 5.41 Å². The quantitative estimate of drug-likeness (QED) is 0.809. The molecule has 0 radical (unpaired) electrons. The van der Waals surface area contributed by atoms with Gasteiger partial charge in [0.25, 0.3) is 5.91 Å². The van der Waals surface area contributed by atoms with Gasteiger partial charge in [-0.25, -0.2) is 0 Å². The van der Waals surface area contributed by atoms with Crippen LogP contribution in [0.1, 0.15) is 25.3 Å². The Bertz CT molecular complexity index is 822. The van der Waals surface area contributed by atoms with Crippen molar-refractivity contribution >= 4 is 11.6 Å². The summed E-state index contributed by atoms with van der Waals surface area (Å²) in [5.74, 6) is 1.61. The predicted molar refractivity (Wildman–Crippen MR) is 101 cm³/mol. The lowest BCUT2D eigenvalue weighted by Gasteiger charge is -2.42. The second-order valence-electron chi connectivity index (χ2n) is 8.02. The van der Waals surface area contributed by atoms with Gasteiger partial charge in [0.1, 0.15) is 11.2 Å². The fourth-order valence-corrected chi connectivity index (χ4v) is 5.81. The van der Waals surface area contributed by atoms with Crippen molar-refractivity contribution in [2.45, 2.75) is 37.3 Å². The Labute approximate surface area is 159 Å². The van der Waals surface area contributed by atoms with Crippen LogP contribution in [0.4, 0.5) is 5.69 Å². The van der Waals surface area contributed by atoms with Gasteiger partial charge in [-0.2, -0.15) is 5.06 Å². The molecule has 5 aliphatic rings. The molecule has 27 heavy (non-hydrogen) atoms. The number of carbonyl (C=O) groups excluding carboxylic acids is 1. The van der Waals surface area contributed by atoms with Gasteiger partial charge in [0, 0.05) is 24.6 Å². The highest BCUT2D eigenvalue weighted by atomic mass is 16.7. The first-order chi connectivity index (χ1) is 13.1. The molecule has 6 heteroatoms. The lowest BCUT2D eigenvalue weighted by Crippen LogP contribution is -2.50. The van der Waals surface area contributed by atoms with Crippen LogP contribution in [0.2, 0.25) is 0 Å². The minimum absolute atomic E-state index is 0.0183. The number of amides is 1. The van der Waals surface area contributed by atoms with E-state index in [1.807, 2.05) is 18.2 Å². The third kappa shape index (κ3) is 2.15. The first-order valence-corrected chi connectivity index (χ1v) is 9.71. The lowest BCUT2D eigenvalue weighted by molar-refractivity contribution is -0.137. The Hall–Kier alpha value is -1.89. The molecule has 4 fully saturated rings. The van der Waals surface area contributed by atoms with Crippen molar-refractivity contribution in [2.75, 3.05) is 32.4 Å². The van der Waals surface area contributed by atoms with Crippen LogP contribution in [0.3, 0.4) is 0 Å². The largest absolute Gasteiger partial charge is 0.497 e. The molecule has 1 aliphatic carbocycles. The van der Waals surface area contributed by atoms with E-state index in [0.717, 1.165) is 30.6 Å².